The summed E-state index contributed by atoms with van der Waals surface area (Å²) in [7, 11) is 0. The number of anilines is 3. The van der Waals surface area contributed by atoms with Gasteiger partial charge in [-0.1, -0.05) is 23.5 Å². The van der Waals surface area contributed by atoms with Gasteiger partial charge in [0.15, 0.2) is 0 Å². The average Bonchev–Trinajstić information content (AvgIpc) is 3.05. The Kier molecular flexibility index (Phi) is 5.70. The fourth-order valence-corrected chi connectivity index (χ4v) is 3.73. The predicted molar refractivity (Wildman–Crippen MR) is 101 cm³/mol. The summed E-state index contributed by atoms with van der Waals surface area (Å²) in [5, 5.41) is 15.2. The van der Waals surface area contributed by atoms with Crippen LogP contribution in [0.1, 0.15) is 33.1 Å². The number of aromatic nitrogens is 2. The molecule has 0 bridgehead atoms. The van der Waals surface area contributed by atoms with E-state index in [1.54, 1.807) is 6.07 Å². The normalized spacial score (nSPS) is 17.2. The summed E-state index contributed by atoms with van der Waals surface area (Å²) in [6, 6.07) is 7.43. The van der Waals surface area contributed by atoms with Gasteiger partial charge in [0.25, 0.3) is 0 Å². The smallest absolute Gasteiger partial charge is 0.325 e. The second kappa shape index (κ2) is 8.15. The summed E-state index contributed by atoms with van der Waals surface area (Å²) >= 11 is 1.40. The molecule has 0 aliphatic carbocycles. The number of nitrogens with one attached hydrogen (secondary N) is 2. The molecule has 2 aromatic rings. The van der Waals surface area contributed by atoms with E-state index >= 15 is 0 Å². The zero-order chi connectivity index (χ0) is 17.6. The molecule has 1 unspecified atom stereocenters. The third-order valence-corrected chi connectivity index (χ3v) is 4.99. The summed E-state index contributed by atoms with van der Waals surface area (Å²) in [6.45, 7) is 5.63. The highest BCUT2D eigenvalue weighted by molar-refractivity contribution is 7.19. The molecule has 1 fully saturated rings. The Balaban J connectivity index is 1.62. The van der Waals surface area contributed by atoms with Crippen molar-refractivity contribution in [2.45, 2.75) is 39.2 Å². The Morgan fingerprint density at radius 1 is 1.32 bits per heavy atom. The van der Waals surface area contributed by atoms with Gasteiger partial charge < -0.3 is 15.0 Å². The van der Waals surface area contributed by atoms with E-state index in [1.165, 1.54) is 24.2 Å². The number of urea groups is 1. The third kappa shape index (κ3) is 4.39. The Bertz CT molecular complexity index is 721. The Morgan fingerprint density at radius 2 is 2.16 bits per heavy atom. The number of piperidine rings is 1. The lowest BCUT2D eigenvalue weighted by atomic mass is 10.1. The molecule has 3 rings (SSSR count). The fraction of sp³-hybridized carbons (Fsp3) is 0.471. The fourth-order valence-electron chi connectivity index (χ4n) is 2.87. The van der Waals surface area contributed by atoms with Gasteiger partial charge in [-0.05, 0) is 45.2 Å². The first-order chi connectivity index (χ1) is 12.2. The highest BCUT2D eigenvalue weighted by Gasteiger charge is 2.22. The first kappa shape index (κ1) is 17.5. The quantitative estimate of drug-likeness (QED) is 0.843. The van der Waals surface area contributed by atoms with Crippen LogP contribution in [-0.4, -0.2) is 35.4 Å². The molecule has 0 saturated carbocycles. The lowest BCUT2D eigenvalue weighted by Gasteiger charge is -2.32. The van der Waals surface area contributed by atoms with Crippen LogP contribution in [0.2, 0.25) is 0 Å². The van der Waals surface area contributed by atoms with Crippen LogP contribution < -0.4 is 20.3 Å². The number of benzene rings is 1. The minimum absolute atomic E-state index is 0.360. The van der Waals surface area contributed by atoms with Crippen molar-refractivity contribution in [2.24, 2.45) is 0 Å². The highest BCUT2D eigenvalue weighted by atomic mass is 32.1. The number of hydrogen-bond acceptors (Lipinski definition) is 6. The van der Waals surface area contributed by atoms with Crippen LogP contribution in [0.15, 0.2) is 24.3 Å². The molecule has 1 saturated heterocycles. The number of hydrogen-bond donors (Lipinski definition) is 2. The maximum Gasteiger partial charge on any atom is 0.325 e. The van der Waals surface area contributed by atoms with Gasteiger partial charge in [-0.15, -0.1) is 10.2 Å². The molecule has 0 radical (unpaired) electrons. The van der Waals surface area contributed by atoms with Crippen molar-refractivity contribution in [1.29, 1.82) is 0 Å². The van der Waals surface area contributed by atoms with Gasteiger partial charge in [0.2, 0.25) is 10.3 Å². The molecule has 7 nitrogen and oxygen atoms in total. The zero-order valence-electron chi connectivity index (χ0n) is 14.5. The summed E-state index contributed by atoms with van der Waals surface area (Å²) in [5.74, 6) is 0.639. The van der Waals surface area contributed by atoms with Crippen LogP contribution in [0.5, 0.6) is 5.75 Å². The Labute approximate surface area is 151 Å². The monoisotopic (exact) mass is 361 g/mol. The van der Waals surface area contributed by atoms with Crippen molar-refractivity contribution in [1.82, 2.24) is 10.2 Å². The largest absolute Gasteiger partial charge is 0.492 e. The van der Waals surface area contributed by atoms with E-state index in [9.17, 15) is 4.79 Å². The van der Waals surface area contributed by atoms with Crippen molar-refractivity contribution >= 4 is 33.3 Å². The summed E-state index contributed by atoms with van der Waals surface area (Å²) in [6.07, 6.45) is 3.58. The molecule has 2 amide bonds. The van der Waals surface area contributed by atoms with E-state index in [0.29, 0.717) is 29.2 Å². The number of carbonyl (C=O) groups excluding carboxylic acids is 1. The van der Waals surface area contributed by atoms with Crippen molar-refractivity contribution in [3.63, 3.8) is 0 Å². The molecule has 0 spiro atoms. The zero-order valence-corrected chi connectivity index (χ0v) is 15.3. The molecule has 1 aliphatic heterocycles. The highest BCUT2D eigenvalue weighted by Crippen LogP contribution is 2.30. The first-order valence-electron chi connectivity index (χ1n) is 8.57. The summed E-state index contributed by atoms with van der Waals surface area (Å²) < 4.78 is 5.51. The Morgan fingerprint density at radius 3 is 2.96 bits per heavy atom. The van der Waals surface area contributed by atoms with Crippen molar-refractivity contribution in [3.8, 4) is 5.75 Å². The van der Waals surface area contributed by atoms with Crippen molar-refractivity contribution < 1.29 is 9.53 Å². The first-order valence-corrected chi connectivity index (χ1v) is 9.39. The second-order valence-corrected chi connectivity index (χ2v) is 6.89. The second-order valence-electron chi connectivity index (χ2n) is 5.94. The number of carbonyl (C=O) groups is 1. The van der Waals surface area contributed by atoms with Gasteiger partial charge in [0.1, 0.15) is 5.75 Å². The maximum absolute atomic E-state index is 12.2. The van der Waals surface area contributed by atoms with E-state index in [-0.39, 0.29) is 6.03 Å². The van der Waals surface area contributed by atoms with Crippen LogP contribution in [0.3, 0.4) is 0 Å². The molecule has 1 aliphatic rings. The molecule has 25 heavy (non-hydrogen) atoms. The molecule has 8 heteroatoms. The summed E-state index contributed by atoms with van der Waals surface area (Å²) in [4.78, 5) is 14.5. The minimum atomic E-state index is -0.360. The molecule has 1 atom stereocenters. The van der Waals surface area contributed by atoms with E-state index in [4.69, 9.17) is 4.74 Å². The van der Waals surface area contributed by atoms with Crippen LogP contribution in [0.4, 0.5) is 20.7 Å². The number of rotatable bonds is 5. The van der Waals surface area contributed by atoms with Gasteiger partial charge in [-0.25, -0.2) is 4.79 Å². The lowest BCUT2D eigenvalue weighted by molar-refractivity contribution is 0.262. The van der Waals surface area contributed by atoms with Crippen LogP contribution in [0, 0.1) is 0 Å². The van der Waals surface area contributed by atoms with Gasteiger partial charge >= 0.3 is 6.03 Å². The molecular weight excluding hydrogens is 338 g/mol. The van der Waals surface area contributed by atoms with E-state index in [1.807, 2.05) is 25.1 Å². The third-order valence-electron chi connectivity index (χ3n) is 4.12. The number of para-hydroxylation sites is 2. The van der Waals surface area contributed by atoms with E-state index in [0.717, 1.165) is 18.1 Å². The molecule has 1 aromatic carbocycles. The minimum Gasteiger partial charge on any atom is -0.492 e. The van der Waals surface area contributed by atoms with E-state index in [2.05, 4.69) is 32.7 Å². The maximum atomic E-state index is 12.2. The average molecular weight is 361 g/mol. The standard InChI is InChI=1S/C17H23N5O2S/c1-3-24-14-10-5-4-9-13(14)18-15(23)19-16-20-21-17(25-16)22-11-7-6-8-12(22)2/h4-5,9-10,12H,3,6-8,11H2,1-2H3,(H2,18,19,20,23). The van der Waals surface area contributed by atoms with Gasteiger partial charge in [0, 0.05) is 12.6 Å². The van der Waals surface area contributed by atoms with Crippen LogP contribution in [0.25, 0.3) is 0 Å². The number of amides is 2. The van der Waals surface area contributed by atoms with Gasteiger partial charge in [-0.2, -0.15) is 0 Å². The number of ether oxygens (including phenoxy) is 1. The predicted octanol–water partition coefficient (Wildman–Crippen LogP) is 3.96. The molecule has 2 heterocycles. The lowest BCUT2D eigenvalue weighted by Crippen LogP contribution is -2.37. The Hall–Kier alpha value is -2.35. The van der Waals surface area contributed by atoms with Crippen molar-refractivity contribution in [2.75, 3.05) is 28.7 Å². The molecule has 134 valence electrons. The van der Waals surface area contributed by atoms with Gasteiger partial charge in [0.05, 0.1) is 12.3 Å². The summed E-state index contributed by atoms with van der Waals surface area (Å²) in [5.41, 5.74) is 0.622. The van der Waals surface area contributed by atoms with E-state index < -0.39 is 0 Å². The van der Waals surface area contributed by atoms with Crippen LogP contribution >= 0.6 is 11.3 Å². The molecule has 2 N–H and O–H groups in total. The van der Waals surface area contributed by atoms with Gasteiger partial charge in [-0.3, -0.25) is 5.32 Å². The van der Waals surface area contributed by atoms with Crippen LogP contribution in [-0.2, 0) is 0 Å². The number of nitrogens with zero attached hydrogens (tertiary/aromatic N) is 3. The molecular formula is C17H23N5O2S. The van der Waals surface area contributed by atoms with Crippen molar-refractivity contribution in [3.05, 3.63) is 24.3 Å². The SMILES string of the molecule is CCOc1ccccc1NC(=O)Nc1nnc(N2CCCCC2C)s1. The molecule has 1 aromatic heterocycles. The topological polar surface area (TPSA) is 79.4 Å².